The summed E-state index contributed by atoms with van der Waals surface area (Å²) in [5.74, 6) is -3.17. The first-order valence-electron chi connectivity index (χ1n) is 24.8. The molecule has 2 fully saturated rings. The maximum atomic E-state index is 14.1. The van der Waals surface area contributed by atoms with Crippen LogP contribution in [0.25, 0.3) is 0 Å². The van der Waals surface area contributed by atoms with Gasteiger partial charge in [-0.25, -0.2) is 0 Å². The molecule has 2 heterocycles. The predicted molar refractivity (Wildman–Crippen MR) is 275 cm³/mol. The molecule has 0 saturated carbocycles. The van der Waals surface area contributed by atoms with Crippen molar-refractivity contribution in [2.24, 2.45) is 10.8 Å². The lowest BCUT2D eigenvalue weighted by atomic mass is 9.85. The molecule has 9 atom stereocenters. The molecule has 20 heteroatoms. The van der Waals surface area contributed by atoms with E-state index < -0.39 is 77.3 Å². The summed E-state index contributed by atoms with van der Waals surface area (Å²) in [4.78, 5) is 112. The Bertz CT molecular complexity index is 2290. The number of likely N-dealkylation sites (tertiary alicyclic amines) is 2. The highest BCUT2D eigenvalue weighted by Crippen LogP contribution is 2.37. The summed E-state index contributed by atoms with van der Waals surface area (Å²) in [5.41, 5.74) is 2.18. The van der Waals surface area contributed by atoms with Crippen molar-refractivity contribution < 1.29 is 47.8 Å². The molecule has 0 bridgehead atoms. The molecule has 0 aromatic heterocycles. The van der Waals surface area contributed by atoms with Crippen molar-refractivity contribution in [1.29, 1.82) is 0 Å². The molecule has 18 nitrogen and oxygen atoms in total. The van der Waals surface area contributed by atoms with Gasteiger partial charge in [0.25, 0.3) is 0 Å². The average Bonchev–Trinajstić information content (AvgIpc) is 4.12. The van der Waals surface area contributed by atoms with E-state index in [1.165, 1.54) is 4.90 Å². The van der Waals surface area contributed by atoms with Crippen molar-refractivity contribution in [2.45, 2.75) is 161 Å². The molecule has 72 heavy (non-hydrogen) atoms. The van der Waals surface area contributed by atoms with E-state index >= 15 is 0 Å². The Morgan fingerprint density at radius 3 is 1.46 bits per heavy atom. The molecule has 0 radical (unpaired) electrons. The maximum Gasteiger partial charge on any atom is 0.306 e. The number of benzene rings is 2. The van der Waals surface area contributed by atoms with Crippen LogP contribution < -0.4 is 31.9 Å². The predicted octanol–water partition coefficient (Wildman–Crippen LogP) is 3.52. The second-order valence-corrected chi connectivity index (χ2v) is 21.3. The Kier molecular flexibility index (Phi) is 21.1. The highest BCUT2D eigenvalue weighted by molar-refractivity contribution is 5.95. The summed E-state index contributed by atoms with van der Waals surface area (Å²) in [7, 11) is 3.31. The molecule has 6 rings (SSSR count). The molecule has 2 saturated heterocycles. The largest absolute Gasteiger partial charge is 0.459 e. The number of nitrogens with one attached hydrogen (secondary N) is 6. The summed E-state index contributed by atoms with van der Waals surface area (Å²) in [5, 5.41) is 17.6. The van der Waals surface area contributed by atoms with Gasteiger partial charge in [0.2, 0.25) is 35.4 Å². The van der Waals surface area contributed by atoms with Crippen LogP contribution in [0.2, 0.25) is 0 Å². The Balaban J connectivity index is 0.00000562. The topological polar surface area (TPSA) is 234 Å². The normalized spacial score (nSPS) is 22.4. The molecule has 4 aliphatic rings. The van der Waals surface area contributed by atoms with Gasteiger partial charge in [0.05, 0.1) is 24.7 Å². The van der Waals surface area contributed by atoms with Gasteiger partial charge in [0, 0.05) is 38.8 Å². The lowest BCUT2D eigenvalue weighted by molar-refractivity contribution is -0.153. The van der Waals surface area contributed by atoms with E-state index in [4.69, 9.17) is 9.47 Å². The monoisotopic (exact) mass is 1040 g/mol. The first kappa shape index (κ1) is 59.3. The van der Waals surface area contributed by atoms with Crippen LogP contribution >= 0.6 is 24.8 Å². The number of carbonyl (C=O) groups is 8. The smallest absolute Gasteiger partial charge is 0.306 e. The molecule has 0 spiro atoms. The van der Waals surface area contributed by atoms with E-state index in [9.17, 15) is 38.4 Å². The molecular weight excluding hydrogens is 968 g/mol. The fourth-order valence-corrected chi connectivity index (χ4v) is 10.0. The zero-order chi connectivity index (χ0) is 51.1. The van der Waals surface area contributed by atoms with Crippen LogP contribution in [0.1, 0.15) is 128 Å². The average molecular weight is 1040 g/mol. The number of hydrogen-bond acceptors (Lipinski definition) is 12. The number of halogens is 2. The minimum Gasteiger partial charge on any atom is -0.459 e. The third-order valence-electron chi connectivity index (χ3n) is 13.9. The van der Waals surface area contributed by atoms with Crippen molar-refractivity contribution in [2.75, 3.05) is 33.7 Å². The SMILES string of the molecule is CNCC(=O)N[C@H](C(=O)N1CCC[C@H]1C(=O)N[C@H]1c2ccccc2C[C@@H]1OC(=O)CCCC(=O)O[C@H]1Cc2ccccc2[C@@H]1NC(=O)[C@@H]1CCCN1C(=O)[C@@H](NC(=O)[C@H](C)NC)C(C)(C)C)C(C)(C)C.Cl.Cl. The second kappa shape index (κ2) is 25.6. The van der Waals surface area contributed by atoms with Crippen molar-refractivity contribution in [3.05, 3.63) is 70.8 Å². The number of carbonyl (C=O) groups excluding carboxylic acids is 8. The molecule has 2 aromatic carbocycles. The van der Waals surface area contributed by atoms with Gasteiger partial charge in [0.1, 0.15) is 36.4 Å². The summed E-state index contributed by atoms with van der Waals surface area (Å²) in [6.07, 6.45) is 1.26. The fourth-order valence-electron chi connectivity index (χ4n) is 10.0. The van der Waals surface area contributed by atoms with Gasteiger partial charge in [-0.3, -0.25) is 38.4 Å². The van der Waals surface area contributed by atoms with E-state index in [-0.39, 0.29) is 86.1 Å². The van der Waals surface area contributed by atoms with Gasteiger partial charge in [-0.1, -0.05) is 90.1 Å². The zero-order valence-electron chi connectivity index (χ0n) is 43.1. The molecule has 6 amide bonds. The maximum absolute atomic E-state index is 14.1. The van der Waals surface area contributed by atoms with Gasteiger partial charge >= 0.3 is 11.9 Å². The van der Waals surface area contributed by atoms with Gasteiger partial charge in [-0.2, -0.15) is 0 Å². The first-order chi connectivity index (χ1) is 33.1. The van der Waals surface area contributed by atoms with Gasteiger partial charge in [-0.15, -0.1) is 24.8 Å². The van der Waals surface area contributed by atoms with Gasteiger partial charge in [-0.05, 0) is 86.2 Å². The van der Waals surface area contributed by atoms with Crippen LogP contribution in [0.3, 0.4) is 0 Å². The van der Waals surface area contributed by atoms with E-state index in [1.54, 1.807) is 25.9 Å². The standard InChI is InChI=1S/C52H74N8O10.2ClH/c1-30(54-9)46(64)58-45(52(5,6)7)50(68)60-26-16-22-36(60)48(66)57-43-34-20-13-11-18-32(34)28-38(43)70-41(63)24-14-23-40(62)69-37-27-31-17-10-12-19-33(31)42(37)56-47(65)35-21-15-25-59(35)49(67)44(51(2,3)4)55-39(61)29-53-8;;/h10-13,17-20,30,35-38,42-45,53-54H,14-16,21-29H2,1-9H3,(H,55,61)(H,56,65)(H,57,66)(H,58,64);2*1H/t30-,35-,36-,37-,38-,42-,43-,44+,45+;;/m0../s1. The number of rotatable bonds is 18. The number of hydrogen-bond donors (Lipinski definition) is 6. The Morgan fingerprint density at radius 1 is 0.639 bits per heavy atom. The summed E-state index contributed by atoms with van der Waals surface area (Å²) >= 11 is 0. The molecular formula is C52H76Cl2N8O10. The van der Waals surface area contributed by atoms with Crippen LogP contribution in [0.5, 0.6) is 0 Å². The van der Waals surface area contributed by atoms with E-state index in [1.807, 2.05) is 90.1 Å². The first-order valence-corrected chi connectivity index (χ1v) is 24.8. The molecule has 2 aromatic rings. The van der Waals surface area contributed by atoms with E-state index in [0.29, 0.717) is 51.6 Å². The molecule has 398 valence electrons. The Morgan fingerprint density at radius 2 is 1.06 bits per heavy atom. The number of nitrogens with zero attached hydrogens (tertiary/aromatic N) is 2. The third kappa shape index (κ3) is 14.3. The highest BCUT2D eigenvalue weighted by atomic mass is 35.5. The quantitative estimate of drug-likeness (QED) is 0.118. The van der Waals surface area contributed by atoms with Crippen molar-refractivity contribution in [1.82, 2.24) is 41.7 Å². The highest BCUT2D eigenvalue weighted by Gasteiger charge is 2.46. The van der Waals surface area contributed by atoms with Crippen molar-refractivity contribution in [3.8, 4) is 0 Å². The number of esters is 2. The summed E-state index contributed by atoms with van der Waals surface area (Å²) < 4.78 is 12.0. The Hall–Kier alpha value is -5.30. The molecule has 2 aliphatic heterocycles. The van der Waals surface area contributed by atoms with Crippen LogP contribution in [0.15, 0.2) is 48.5 Å². The third-order valence-corrected chi connectivity index (χ3v) is 13.9. The van der Waals surface area contributed by atoms with Crippen LogP contribution in [-0.4, -0.2) is 133 Å². The van der Waals surface area contributed by atoms with Crippen LogP contribution in [0.4, 0.5) is 0 Å². The molecule has 2 aliphatic carbocycles. The summed E-state index contributed by atoms with van der Waals surface area (Å²) in [6, 6.07) is 9.88. The lowest BCUT2D eigenvalue weighted by Crippen LogP contribution is -2.59. The van der Waals surface area contributed by atoms with Crippen LogP contribution in [-0.2, 0) is 60.7 Å². The number of ether oxygens (including phenoxy) is 2. The van der Waals surface area contributed by atoms with Crippen LogP contribution in [0, 0.1) is 10.8 Å². The van der Waals surface area contributed by atoms with Gasteiger partial charge in [0.15, 0.2) is 0 Å². The molecule has 0 unspecified atom stereocenters. The van der Waals surface area contributed by atoms with Crippen molar-refractivity contribution >= 4 is 72.2 Å². The van der Waals surface area contributed by atoms with E-state index in [2.05, 4.69) is 31.9 Å². The fraction of sp³-hybridized carbons (Fsp3) is 0.615. The number of fused-ring (bicyclic) bond motifs is 2. The van der Waals surface area contributed by atoms with Gasteiger partial charge < -0.3 is 51.2 Å². The van der Waals surface area contributed by atoms with E-state index in [0.717, 1.165) is 22.3 Å². The number of amides is 6. The summed E-state index contributed by atoms with van der Waals surface area (Å²) in [6.45, 7) is 13.7. The second-order valence-electron chi connectivity index (χ2n) is 21.3. The minimum absolute atomic E-state index is 0. The van der Waals surface area contributed by atoms with Crippen molar-refractivity contribution in [3.63, 3.8) is 0 Å². The number of likely N-dealkylation sites (N-methyl/N-ethyl adjacent to an activating group) is 2. The Labute approximate surface area is 436 Å². The molecule has 6 N–H and O–H groups in total. The zero-order valence-corrected chi connectivity index (χ0v) is 44.7. The lowest BCUT2D eigenvalue weighted by Gasteiger charge is -2.36. The minimum atomic E-state index is -0.871.